The smallest absolute Gasteiger partial charge is 0.352 e. The van der Waals surface area contributed by atoms with Crippen LogP contribution >= 0.6 is 0 Å². The van der Waals surface area contributed by atoms with Gasteiger partial charge in [-0.2, -0.15) is 0 Å². The van der Waals surface area contributed by atoms with Crippen LogP contribution in [0.25, 0.3) is 0 Å². The Balaban J connectivity index is 1.84. The summed E-state index contributed by atoms with van der Waals surface area (Å²) in [5.74, 6) is -1.20. The highest BCUT2D eigenvalue weighted by atomic mass is 16.5. The van der Waals surface area contributed by atoms with Gasteiger partial charge < -0.3 is 19.7 Å². The third-order valence-corrected chi connectivity index (χ3v) is 3.16. The van der Waals surface area contributed by atoms with Crippen LogP contribution in [0.1, 0.15) is 23.3 Å². The number of aromatic carboxylic acids is 1. The number of methoxy groups -OCH3 is 1. The zero-order valence-corrected chi connectivity index (χ0v) is 10.1. The highest BCUT2D eigenvalue weighted by Gasteiger charge is 2.30. The van der Waals surface area contributed by atoms with E-state index in [4.69, 9.17) is 9.84 Å². The molecule has 0 spiro atoms. The zero-order chi connectivity index (χ0) is 13.1. The molecule has 2 rings (SSSR count). The van der Waals surface area contributed by atoms with E-state index in [1.807, 2.05) is 0 Å². The first-order valence-electron chi connectivity index (χ1n) is 5.80. The van der Waals surface area contributed by atoms with Crippen molar-refractivity contribution in [3.63, 3.8) is 0 Å². The summed E-state index contributed by atoms with van der Waals surface area (Å²) >= 11 is 0. The van der Waals surface area contributed by atoms with E-state index in [-0.39, 0.29) is 30.3 Å². The van der Waals surface area contributed by atoms with Gasteiger partial charge >= 0.3 is 5.97 Å². The number of ether oxygens (including phenoxy) is 1. The molecule has 1 amide bonds. The van der Waals surface area contributed by atoms with Crippen LogP contribution in [-0.4, -0.2) is 40.8 Å². The molecular formula is C12H16N2O4. The predicted molar refractivity (Wildman–Crippen MR) is 63.4 cm³/mol. The first kappa shape index (κ1) is 12.6. The van der Waals surface area contributed by atoms with E-state index >= 15 is 0 Å². The van der Waals surface area contributed by atoms with Crippen molar-refractivity contribution in [2.45, 2.75) is 31.5 Å². The van der Waals surface area contributed by atoms with Gasteiger partial charge in [0.25, 0.3) is 0 Å². The molecule has 6 heteroatoms. The average molecular weight is 252 g/mol. The van der Waals surface area contributed by atoms with Crippen molar-refractivity contribution in [1.82, 2.24) is 9.88 Å². The first-order chi connectivity index (χ1) is 8.60. The third kappa shape index (κ3) is 2.70. The SMILES string of the molecule is COC1CC(NC(=O)Cn2cccc2C(=O)O)C1. The maximum absolute atomic E-state index is 11.7. The number of hydrogen-bond acceptors (Lipinski definition) is 3. The minimum Gasteiger partial charge on any atom is -0.477 e. The Labute approximate surface area is 105 Å². The van der Waals surface area contributed by atoms with Crippen LogP contribution in [0.4, 0.5) is 0 Å². The number of amides is 1. The lowest BCUT2D eigenvalue weighted by Crippen LogP contribution is -2.48. The van der Waals surface area contributed by atoms with Crippen molar-refractivity contribution in [2.24, 2.45) is 0 Å². The molecule has 6 nitrogen and oxygen atoms in total. The summed E-state index contributed by atoms with van der Waals surface area (Å²) in [7, 11) is 1.65. The number of nitrogens with zero attached hydrogens (tertiary/aromatic N) is 1. The second-order valence-corrected chi connectivity index (χ2v) is 4.42. The summed E-state index contributed by atoms with van der Waals surface area (Å²) in [4.78, 5) is 22.6. The quantitative estimate of drug-likeness (QED) is 0.798. The number of nitrogens with one attached hydrogen (secondary N) is 1. The van der Waals surface area contributed by atoms with Crippen LogP contribution in [0.15, 0.2) is 18.3 Å². The second-order valence-electron chi connectivity index (χ2n) is 4.42. The molecule has 1 heterocycles. The summed E-state index contributed by atoms with van der Waals surface area (Å²) in [6.45, 7) is 0.0305. The molecule has 1 aliphatic carbocycles. The van der Waals surface area contributed by atoms with Crippen molar-refractivity contribution < 1.29 is 19.4 Å². The van der Waals surface area contributed by atoms with Crippen LogP contribution in [-0.2, 0) is 16.1 Å². The fourth-order valence-electron chi connectivity index (χ4n) is 2.05. The lowest BCUT2D eigenvalue weighted by Gasteiger charge is -2.34. The van der Waals surface area contributed by atoms with Gasteiger partial charge in [-0.1, -0.05) is 0 Å². The molecule has 0 bridgehead atoms. The van der Waals surface area contributed by atoms with Gasteiger partial charge in [0.15, 0.2) is 0 Å². The van der Waals surface area contributed by atoms with Gasteiger partial charge in [0.05, 0.1) is 6.10 Å². The molecule has 1 aliphatic rings. The van der Waals surface area contributed by atoms with Crippen LogP contribution in [0, 0.1) is 0 Å². The summed E-state index contributed by atoms with van der Waals surface area (Å²) < 4.78 is 6.54. The number of carbonyl (C=O) groups excluding carboxylic acids is 1. The summed E-state index contributed by atoms with van der Waals surface area (Å²) in [6, 6.07) is 3.23. The predicted octanol–water partition coefficient (Wildman–Crippen LogP) is 0.480. The Bertz CT molecular complexity index is 449. The molecule has 0 radical (unpaired) electrons. The first-order valence-corrected chi connectivity index (χ1v) is 5.80. The van der Waals surface area contributed by atoms with E-state index in [0.29, 0.717) is 0 Å². The molecule has 18 heavy (non-hydrogen) atoms. The molecule has 1 aromatic rings. The maximum Gasteiger partial charge on any atom is 0.352 e. The second kappa shape index (κ2) is 5.22. The van der Waals surface area contributed by atoms with Gasteiger partial charge in [0.1, 0.15) is 12.2 Å². The van der Waals surface area contributed by atoms with Crippen molar-refractivity contribution in [1.29, 1.82) is 0 Å². The maximum atomic E-state index is 11.7. The summed E-state index contributed by atoms with van der Waals surface area (Å²) in [5.41, 5.74) is 0.119. The number of rotatable bonds is 5. The molecule has 0 aliphatic heterocycles. The summed E-state index contributed by atoms with van der Waals surface area (Å²) in [6.07, 6.45) is 3.46. The van der Waals surface area contributed by atoms with Crippen LogP contribution in [0.3, 0.4) is 0 Å². The van der Waals surface area contributed by atoms with Crippen LogP contribution < -0.4 is 5.32 Å². The Morgan fingerprint density at radius 2 is 2.28 bits per heavy atom. The molecule has 1 aromatic heterocycles. The Hall–Kier alpha value is -1.82. The number of hydrogen-bond donors (Lipinski definition) is 2. The monoisotopic (exact) mass is 252 g/mol. The van der Waals surface area contributed by atoms with Crippen molar-refractivity contribution in [3.8, 4) is 0 Å². The normalized spacial score (nSPS) is 22.3. The van der Waals surface area contributed by atoms with Crippen molar-refractivity contribution in [3.05, 3.63) is 24.0 Å². The Morgan fingerprint density at radius 3 is 2.89 bits per heavy atom. The van der Waals surface area contributed by atoms with Crippen molar-refractivity contribution >= 4 is 11.9 Å². The lowest BCUT2D eigenvalue weighted by atomic mass is 9.89. The van der Waals surface area contributed by atoms with E-state index in [2.05, 4.69) is 5.32 Å². The van der Waals surface area contributed by atoms with Gasteiger partial charge in [-0.3, -0.25) is 4.79 Å². The van der Waals surface area contributed by atoms with E-state index in [1.54, 1.807) is 19.4 Å². The largest absolute Gasteiger partial charge is 0.477 e. The van der Waals surface area contributed by atoms with Crippen LogP contribution in [0.5, 0.6) is 0 Å². The van der Waals surface area contributed by atoms with E-state index < -0.39 is 5.97 Å². The fraction of sp³-hybridized carbons (Fsp3) is 0.500. The Kier molecular flexibility index (Phi) is 3.66. The van der Waals surface area contributed by atoms with Gasteiger partial charge in [-0.15, -0.1) is 0 Å². The molecule has 0 saturated heterocycles. The van der Waals surface area contributed by atoms with Gasteiger partial charge in [-0.25, -0.2) is 4.79 Å². The lowest BCUT2D eigenvalue weighted by molar-refractivity contribution is -0.124. The minimum atomic E-state index is -1.03. The number of carboxylic acids is 1. The molecule has 1 fully saturated rings. The van der Waals surface area contributed by atoms with Crippen LogP contribution in [0.2, 0.25) is 0 Å². The molecule has 0 atom stereocenters. The summed E-state index contributed by atoms with van der Waals surface area (Å²) in [5, 5.41) is 11.8. The minimum absolute atomic E-state index is 0.0305. The van der Waals surface area contributed by atoms with Gasteiger partial charge in [-0.05, 0) is 25.0 Å². The third-order valence-electron chi connectivity index (χ3n) is 3.16. The van der Waals surface area contributed by atoms with Gasteiger partial charge in [0, 0.05) is 19.3 Å². The highest BCUT2D eigenvalue weighted by molar-refractivity contribution is 5.86. The standard InChI is InChI=1S/C12H16N2O4/c1-18-9-5-8(6-9)13-11(15)7-14-4-2-3-10(14)12(16)17/h2-4,8-9H,5-7H2,1H3,(H,13,15)(H,16,17). The molecule has 0 unspecified atom stereocenters. The number of aromatic nitrogens is 1. The van der Waals surface area contributed by atoms with Gasteiger partial charge in [0.2, 0.25) is 5.91 Å². The molecule has 2 N–H and O–H groups in total. The zero-order valence-electron chi connectivity index (χ0n) is 10.1. The van der Waals surface area contributed by atoms with Crippen molar-refractivity contribution in [2.75, 3.05) is 7.11 Å². The number of carbonyl (C=O) groups is 2. The van der Waals surface area contributed by atoms with E-state index in [9.17, 15) is 9.59 Å². The fourth-order valence-corrected chi connectivity index (χ4v) is 2.05. The average Bonchev–Trinajstić information content (AvgIpc) is 2.70. The topological polar surface area (TPSA) is 80.6 Å². The van der Waals surface area contributed by atoms with E-state index in [0.717, 1.165) is 12.8 Å². The molecular weight excluding hydrogens is 236 g/mol. The molecule has 98 valence electrons. The molecule has 1 saturated carbocycles. The Morgan fingerprint density at radius 1 is 1.56 bits per heavy atom. The molecule has 0 aromatic carbocycles. The highest BCUT2D eigenvalue weighted by Crippen LogP contribution is 2.22. The number of carboxylic acid groups (broad SMARTS) is 1. The van der Waals surface area contributed by atoms with E-state index in [1.165, 1.54) is 10.6 Å².